The molecule has 1 atom stereocenters. The lowest BCUT2D eigenvalue weighted by molar-refractivity contribution is -0.125. The molecular formula is C17H21N3O3. The van der Waals surface area contributed by atoms with Gasteiger partial charge in [0.05, 0.1) is 5.69 Å². The van der Waals surface area contributed by atoms with Crippen LogP contribution in [0.25, 0.3) is 0 Å². The van der Waals surface area contributed by atoms with Gasteiger partial charge >= 0.3 is 0 Å². The number of hydrogen-bond acceptors (Lipinski definition) is 4. The van der Waals surface area contributed by atoms with Crippen molar-refractivity contribution in [3.8, 4) is 11.5 Å². The quantitative estimate of drug-likeness (QED) is 0.925. The zero-order valence-corrected chi connectivity index (χ0v) is 13.8. The number of ether oxygens (including phenoxy) is 2. The van der Waals surface area contributed by atoms with Crippen molar-refractivity contribution in [2.75, 3.05) is 11.9 Å². The van der Waals surface area contributed by atoms with E-state index >= 15 is 0 Å². The molecule has 0 spiro atoms. The van der Waals surface area contributed by atoms with Crippen molar-refractivity contribution >= 4 is 11.7 Å². The van der Waals surface area contributed by atoms with E-state index in [-0.39, 0.29) is 17.9 Å². The third kappa shape index (κ3) is 3.16. The topological polar surface area (TPSA) is 65.4 Å². The molecule has 0 fully saturated rings. The molecule has 1 aliphatic rings. The van der Waals surface area contributed by atoms with Gasteiger partial charge in [0.15, 0.2) is 11.5 Å². The first kappa shape index (κ1) is 15.4. The Kier molecular flexibility index (Phi) is 3.75. The van der Waals surface area contributed by atoms with Crippen molar-refractivity contribution in [1.29, 1.82) is 0 Å². The number of anilines is 1. The van der Waals surface area contributed by atoms with Gasteiger partial charge in [-0.15, -0.1) is 0 Å². The summed E-state index contributed by atoms with van der Waals surface area (Å²) < 4.78 is 13.0. The molecule has 3 rings (SSSR count). The van der Waals surface area contributed by atoms with Gasteiger partial charge in [-0.3, -0.25) is 9.48 Å². The molecule has 23 heavy (non-hydrogen) atoms. The van der Waals surface area contributed by atoms with Crippen LogP contribution in [0.5, 0.6) is 11.5 Å². The summed E-state index contributed by atoms with van der Waals surface area (Å²) in [6.45, 7) is 6.43. The van der Waals surface area contributed by atoms with Gasteiger partial charge in [-0.1, -0.05) is 32.9 Å². The Morgan fingerprint density at radius 2 is 2.00 bits per heavy atom. The molecule has 2 heterocycles. The van der Waals surface area contributed by atoms with Crippen molar-refractivity contribution in [3.63, 3.8) is 0 Å². The van der Waals surface area contributed by atoms with E-state index in [0.29, 0.717) is 17.3 Å². The highest BCUT2D eigenvalue weighted by Gasteiger charge is 2.28. The zero-order chi connectivity index (χ0) is 16.6. The first-order valence-electron chi connectivity index (χ1n) is 7.58. The van der Waals surface area contributed by atoms with Crippen molar-refractivity contribution < 1.29 is 14.3 Å². The van der Waals surface area contributed by atoms with Gasteiger partial charge in [-0.2, -0.15) is 5.10 Å². The van der Waals surface area contributed by atoms with E-state index in [0.717, 1.165) is 5.69 Å². The van der Waals surface area contributed by atoms with Crippen LogP contribution in [-0.2, 0) is 17.3 Å². The van der Waals surface area contributed by atoms with E-state index in [1.54, 1.807) is 17.8 Å². The number of aromatic nitrogens is 2. The van der Waals surface area contributed by atoms with Crippen LogP contribution < -0.4 is 14.8 Å². The SMILES string of the molecule is Cn1nc(C(C)(C)C)cc1NC(=O)C1COc2ccccc2O1. The number of nitrogens with one attached hydrogen (secondary N) is 1. The zero-order valence-electron chi connectivity index (χ0n) is 13.8. The fraction of sp³-hybridized carbons (Fsp3) is 0.412. The van der Waals surface area contributed by atoms with Crippen molar-refractivity contribution in [2.45, 2.75) is 32.3 Å². The molecule has 2 aromatic rings. The van der Waals surface area contributed by atoms with Crippen LogP contribution in [0.2, 0.25) is 0 Å². The Morgan fingerprint density at radius 3 is 2.65 bits per heavy atom. The van der Waals surface area contributed by atoms with Gasteiger partial charge in [-0.25, -0.2) is 0 Å². The Bertz CT molecular complexity index is 731. The minimum atomic E-state index is -0.683. The minimum Gasteiger partial charge on any atom is -0.485 e. The second-order valence-corrected chi connectivity index (χ2v) is 6.64. The first-order valence-corrected chi connectivity index (χ1v) is 7.58. The monoisotopic (exact) mass is 315 g/mol. The maximum atomic E-state index is 12.4. The molecule has 1 aromatic heterocycles. The number of carbonyl (C=O) groups is 1. The standard InChI is InChI=1S/C17H21N3O3/c1-17(2,3)14-9-15(20(4)19-14)18-16(21)13-10-22-11-7-5-6-8-12(11)23-13/h5-9,13H,10H2,1-4H3,(H,18,21). The molecule has 122 valence electrons. The second kappa shape index (κ2) is 5.61. The largest absolute Gasteiger partial charge is 0.485 e. The predicted molar refractivity (Wildman–Crippen MR) is 86.9 cm³/mol. The number of aryl methyl sites for hydroxylation is 1. The van der Waals surface area contributed by atoms with Crippen molar-refractivity contribution in [1.82, 2.24) is 9.78 Å². The number of benzene rings is 1. The summed E-state index contributed by atoms with van der Waals surface area (Å²) in [6.07, 6.45) is -0.683. The Morgan fingerprint density at radius 1 is 1.30 bits per heavy atom. The average Bonchev–Trinajstić information content (AvgIpc) is 2.88. The first-order chi connectivity index (χ1) is 10.8. The lowest BCUT2D eigenvalue weighted by atomic mass is 9.92. The van der Waals surface area contributed by atoms with E-state index < -0.39 is 6.10 Å². The number of fused-ring (bicyclic) bond motifs is 1. The lowest BCUT2D eigenvalue weighted by Gasteiger charge is -2.25. The predicted octanol–water partition coefficient (Wildman–Crippen LogP) is 2.50. The molecule has 0 saturated heterocycles. The number of carbonyl (C=O) groups excluding carboxylic acids is 1. The molecule has 6 nitrogen and oxygen atoms in total. The van der Waals surface area contributed by atoms with Gasteiger partial charge in [0, 0.05) is 18.5 Å². The van der Waals surface area contributed by atoms with Gasteiger partial charge in [0.1, 0.15) is 12.4 Å². The van der Waals surface area contributed by atoms with Crippen LogP contribution in [0.15, 0.2) is 30.3 Å². The Hall–Kier alpha value is -2.50. The fourth-order valence-electron chi connectivity index (χ4n) is 2.31. The molecule has 0 bridgehead atoms. The van der Waals surface area contributed by atoms with Crippen LogP contribution in [0.1, 0.15) is 26.5 Å². The fourth-order valence-corrected chi connectivity index (χ4v) is 2.31. The summed E-state index contributed by atoms with van der Waals surface area (Å²) in [5.41, 5.74) is 0.839. The Balaban J connectivity index is 1.72. The molecule has 0 saturated carbocycles. The van der Waals surface area contributed by atoms with E-state index in [1.165, 1.54) is 0 Å². The maximum absolute atomic E-state index is 12.4. The molecule has 1 aliphatic heterocycles. The highest BCUT2D eigenvalue weighted by Crippen LogP contribution is 2.31. The molecule has 1 unspecified atom stereocenters. The van der Waals surface area contributed by atoms with Crippen LogP contribution in [-0.4, -0.2) is 28.4 Å². The highest BCUT2D eigenvalue weighted by molar-refractivity contribution is 5.94. The van der Waals surface area contributed by atoms with Gasteiger partial charge in [0.2, 0.25) is 6.10 Å². The molecule has 0 aliphatic carbocycles. The van der Waals surface area contributed by atoms with Crippen molar-refractivity contribution in [3.05, 3.63) is 36.0 Å². The number of hydrogen-bond donors (Lipinski definition) is 1. The van der Waals surface area contributed by atoms with Gasteiger partial charge in [0.25, 0.3) is 5.91 Å². The van der Waals surface area contributed by atoms with Crippen molar-refractivity contribution in [2.24, 2.45) is 7.05 Å². The van der Waals surface area contributed by atoms with Crippen LogP contribution in [0.3, 0.4) is 0 Å². The summed E-state index contributed by atoms with van der Waals surface area (Å²) in [6, 6.07) is 9.21. The molecule has 1 amide bonds. The molecule has 1 N–H and O–H groups in total. The van der Waals surface area contributed by atoms with E-state index in [2.05, 4.69) is 31.2 Å². The van der Waals surface area contributed by atoms with Gasteiger partial charge in [-0.05, 0) is 12.1 Å². The summed E-state index contributed by atoms with van der Waals surface area (Å²) in [7, 11) is 1.80. The summed E-state index contributed by atoms with van der Waals surface area (Å²) in [5, 5.41) is 7.31. The molecule has 6 heteroatoms. The normalized spacial score (nSPS) is 17.0. The Labute approximate surface area is 135 Å². The van der Waals surface area contributed by atoms with Crippen LogP contribution in [0, 0.1) is 0 Å². The molecular weight excluding hydrogens is 294 g/mol. The maximum Gasteiger partial charge on any atom is 0.270 e. The van der Waals surface area contributed by atoms with Crippen LogP contribution in [0.4, 0.5) is 5.82 Å². The van der Waals surface area contributed by atoms with E-state index in [1.807, 2.05) is 24.3 Å². The van der Waals surface area contributed by atoms with Crippen LogP contribution >= 0.6 is 0 Å². The summed E-state index contributed by atoms with van der Waals surface area (Å²) in [5.74, 6) is 1.64. The van der Waals surface area contributed by atoms with E-state index in [9.17, 15) is 4.79 Å². The molecule has 1 aromatic carbocycles. The smallest absolute Gasteiger partial charge is 0.270 e. The lowest BCUT2D eigenvalue weighted by Crippen LogP contribution is -2.40. The van der Waals surface area contributed by atoms with Gasteiger partial charge < -0.3 is 14.8 Å². The van der Waals surface area contributed by atoms with E-state index in [4.69, 9.17) is 9.47 Å². The number of amides is 1. The summed E-state index contributed by atoms with van der Waals surface area (Å²) >= 11 is 0. The molecule has 0 radical (unpaired) electrons. The second-order valence-electron chi connectivity index (χ2n) is 6.64. The average molecular weight is 315 g/mol. The minimum absolute atomic E-state index is 0.0792. The third-order valence-electron chi connectivity index (χ3n) is 3.70. The summed E-state index contributed by atoms with van der Waals surface area (Å²) in [4.78, 5) is 12.4. The number of nitrogens with zero attached hydrogens (tertiary/aromatic N) is 2. The third-order valence-corrected chi connectivity index (χ3v) is 3.70. The number of rotatable bonds is 2. The highest BCUT2D eigenvalue weighted by atomic mass is 16.6. The number of para-hydroxylation sites is 2.